The van der Waals surface area contributed by atoms with Crippen LogP contribution in [-0.2, 0) is 17.5 Å². The fourth-order valence-electron chi connectivity index (χ4n) is 2.38. The van der Waals surface area contributed by atoms with Crippen LogP contribution in [-0.4, -0.2) is 54.8 Å². The fraction of sp³-hybridized carbons (Fsp3) is 0.600. The molecule has 0 spiro atoms. The number of halogens is 4. The number of ether oxygens (including phenoxy) is 1. The molecule has 8 heteroatoms. The van der Waals surface area contributed by atoms with E-state index in [1.54, 1.807) is 6.07 Å². The molecule has 1 heterocycles. The van der Waals surface area contributed by atoms with Crippen molar-refractivity contribution >= 4 is 17.3 Å². The molecule has 0 saturated carbocycles. The van der Waals surface area contributed by atoms with Crippen LogP contribution in [0.4, 0.5) is 18.9 Å². The van der Waals surface area contributed by atoms with Gasteiger partial charge >= 0.3 is 6.18 Å². The normalized spacial score (nSPS) is 18.0. The molecular formula is C15H20ClF3N2O2. The molecule has 0 radical (unpaired) electrons. The second kappa shape index (κ2) is 8.19. The largest absolute Gasteiger partial charge is 0.416 e. The van der Waals surface area contributed by atoms with Crippen LogP contribution < -0.4 is 5.32 Å². The highest BCUT2D eigenvalue weighted by Gasteiger charge is 2.34. The molecule has 0 bridgehead atoms. The summed E-state index contributed by atoms with van der Waals surface area (Å²) in [7, 11) is 0. The van der Waals surface area contributed by atoms with Crippen LogP contribution in [0.15, 0.2) is 18.2 Å². The summed E-state index contributed by atoms with van der Waals surface area (Å²) in [5.74, 6) is 0.0221. The molecule has 0 aromatic heterocycles. The third-order valence-corrected chi connectivity index (χ3v) is 3.99. The first-order valence-electron chi connectivity index (χ1n) is 7.38. The maximum Gasteiger partial charge on any atom is 0.416 e. The Bertz CT molecular complexity index is 508. The Labute approximate surface area is 138 Å². The number of aliphatic hydroxyl groups is 1. The summed E-state index contributed by atoms with van der Waals surface area (Å²) in [6.07, 6.45) is -5.23. The summed E-state index contributed by atoms with van der Waals surface area (Å²) in [6.45, 7) is 2.67. The van der Waals surface area contributed by atoms with E-state index in [0.717, 1.165) is 6.07 Å². The highest BCUT2D eigenvalue weighted by Crippen LogP contribution is 2.34. The molecule has 1 atom stereocenters. The van der Waals surface area contributed by atoms with Gasteiger partial charge in [-0.25, -0.2) is 0 Å². The average molecular weight is 353 g/mol. The van der Waals surface area contributed by atoms with Crippen LogP contribution in [0.3, 0.4) is 0 Å². The number of hydrogen-bond acceptors (Lipinski definition) is 4. The van der Waals surface area contributed by atoms with Gasteiger partial charge in [-0.05, 0) is 17.7 Å². The molecule has 4 nitrogen and oxygen atoms in total. The van der Waals surface area contributed by atoms with Gasteiger partial charge in [0.05, 0.1) is 30.8 Å². The lowest BCUT2D eigenvalue weighted by Crippen LogP contribution is -2.36. The number of hydrogen-bond donors (Lipinski definition) is 2. The third kappa shape index (κ3) is 5.53. The summed E-state index contributed by atoms with van der Waals surface area (Å²) in [5, 5.41) is 12.2. The van der Waals surface area contributed by atoms with Crippen molar-refractivity contribution in [3.8, 4) is 0 Å². The summed E-state index contributed by atoms with van der Waals surface area (Å²) in [6, 6.07) is 4.15. The zero-order chi connectivity index (χ0) is 16.9. The van der Waals surface area contributed by atoms with E-state index >= 15 is 0 Å². The summed E-state index contributed by atoms with van der Waals surface area (Å²) in [4.78, 5) is 1.94. The van der Waals surface area contributed by atoms with Gasteiger partial charge in [-0.1, -0.05) is 6.07 Å². The summed E-state index contributed by atoms with van der Waals surface area (Å²) >= 11 is 5.47. The first kappa shape index (κ1) is 18.3. The maximum atomic E-state index is 13.3. The molecule has 1 aromatic rings. The van der Waals surface area contributed by atoms with E-state index in [-0.39, 0.29) is 24.5 Å². The van der Waals surface area contributed by atoms with Crippen LogP contribution in [0.5, 0.6) is 0 Å². The molecule has 1 fully saturated rings. The lowest BCUT2D eigenvalue weighted by atomic mass is 10.0. The number of alkyl halides is 4. The molecular weight excluding hydrogens is 333 g/mol. The van der Waals surface area contributed by atoms with E-state index in [4.69, 9.17) is 16.3 Å². The van der Waals surface area contributed by atoms with Crippen molar-refractivity contribution in [2.45, 2.75) is 18.8 Å². The van der Waals surface area contributed by atoms with Crippen molar-refractivity contribution in [3.63, 3.8) is 0 Å². The monoisotopic (exact) mass is 352 g/mol. The predicted octanol–water partition coefficient (Wildman–Crippen LogP) is 2.55. The average Bonchev–Trinajstić information content (AvgIpc) is 2.53. The standard InChI is InChI=1S/C15H20ClF3N2O2/c16-8-13(22)9-20-12-2-1-11(14(7-12)15(17,18)19)10-21-3-5-23-6-4-21/h1-2,7,13,20,22H,3-6,8-10H2. The molecule has 1 aliphatic heterocycles. The summed E-state index contributed by atoms with van der Waals surface area (Å²) < 4.78 is 45.1. The zero-order valence-electron chi connectivity index (χ0n) is 12.6. The van der Waals surface area contributed by atoms with Crippen LogP contribution in [0, 0.1) is 0 Å². The lowest BCUT2D eigenvalue weighted by molar-refractivity contribution is -0.138. The van der Waals surface area contributed by atoms with Gasteiger partial charge in [-0.15, -0.1) is 11.6 Å². The van der Waals surface area contributed by atoms with E-state index < -0.39 is 17.8 Å². The Hall–Kier alpha value is -1.02. The van der Waals surface area contributed by atoms with Gasteiger partial charge in [0.25, 0.3) is 0 Å². The number of anilines is 1. The molecule has 0 amide bonds. The van der Waals surface area contributed by atoms with Gasteiger partial charge in [-0.3, -0.25) is 4.90 Å². The lowest BCUT2D eigenvalue weighted by Gasteiger charge is -2.28. The van der Waals surface area contributed by atoms with Crippen LogP contribution in [0.1, 0.15) is 11.1 Å². The number of morpholine rings is 1. The molecule has 2 rings (SSSR count). The second-order valence-corrected chi connectivity index (χ2v) is 5.76. The number of benzene rings is 1. The topological polar surface area (TPSA) is 44.7 Å². The Morgan fingerprint density at radius 3 is 2.61 bits per heavy atom. The molecule has 23 heavy (non-hydrogen) atoms. The van der Waals surface area contributed by atoms with Crippen molar-refractivity contribution in [2.75, 3.05) is 44.0 Å². The van der Waals surface area contributed by atoms with Crippen molar-refractivity contribution in [2.24, 2.45) is 0 Å². The molecule has 0 aliphatic carbocycles. The molecule has 1 aliphatic rings. The Balaban J connectivity index is 2.14. The van der Waals surface area contributed by atoms with Gasteiger partial charge in [0, 0.05) is 31.9 Å². The van der Waals surface area contributed by atoms with Gasteiger partial charge in [0.2, 0.25) is 0 Å². The molecule has 1 saturated heterocycles. The van der Waals surface area contributed by atoms with E-state index in [0.29, 0.717) is 32.0 Å². The van der Waals surface area contributed by atoms with Crippen molar-refractivity contribution < 1.29 is 23.0 Å². The maximum absolute atomic E-state index is 13.3. The van der Waals surface area contributed by atoms with E-state index in [1.807, 2.05) is 4.90 Å². The van der Waals surface area contributed by atoms with Crippen molar-refractivity contribution in [1.82, 2.24) is 4.90 Å². The number of nitrogens with one attached hydrogen (secondary N) is 1. The SMILES string of the molecule is OC(CCl)CNc1ccc(CN2CCOCC2)c(C(F)(F)F)c1. The highest BCUT2D eigenvalue weighted by molar-refractivity contribution is 6.18. The number of nitrogens with zero attached hydrogens (tertiary/aromatic N) is 1. The minimum atomic E-state index is -4.43. The highest BCUT2D eigenvalue weighted by atomic mass is 35.5. The third-order valence-electron chi connectivity index (χ3n) is 3.63. The van der Waals surface area contributed by atoms with E-state index in [9.17, 15) is 18.3 Å². The Kier molecular flexibility index (Phi) is 6.52. The van der Waals surface area contributed by atoms with Crippen LogP contribution in [0.2, 0.25) is 0 Å². The number of rotatable bonds is 6. The minimum Gasteiger partial charge on any atom is -0.390 e. The minimum absolute atomic E-state index is 0.0221. The molecule has 1 unspecified atom stereocenters. The van der Waals surface area contributed by atoms with Crippen molar-refractivity contribution in [1.29, 1.82) is 0 Å². The number of aliphatic hydroxyl groups excluding tert-OH is 1. The van der Waals surface area contributed by atoms with Crippen LogP contribution in [0.25, 0.3) is 0 Å². The first-order chi connectivity index (χ1) is 10.9. The van der Waals surface area contributed by atoms with Gasteiger partial charge < -0.3 is 15.2 Å². The van der Waals surface area contributed by atoms with Gasteiger partial charge in [-0.2, -0.15) is 13.2 Å². The Morgan fingerprint density at radius 1 is 1.30 bits per heavy atom. The van der Waals surface area contributed by atoms with Gasteiger partial charge in [0.15, 0.2) is 0 Å². The fourth-order valence-corrected chi connectivity index (χ4v) is 2.49. The Morgan fingerprint density at radius 2 is 2.00 bits per heavy atom. The van der Waals surface area contributed by atoms with E-state index in [2.05, 4.69) is 5.32 Å². The summed E-state index contributed by atoms with van der Waals surface area (Å²) in [5.41, 5.74) is -0.107. The van der Waals surface area contributed by atoms with Crippen molar-refractivity contribution in [3.05, 3.63) is 29.3 Å². The molecule has 130 valence electrons. The molecule has 1 aromatic carbocycles. The smallest absolute Gasteiger partial charge is 0.390 e. The quantitative estimate of drug-likeness (QED) is 0.772. The predicted molar refractivity (Wildman–Crippen MR) is 82.8 cm³/mol. The first-order valence-corrected chi connectivity index (χ1v) is 7.91. The molecule has 2 N–H and O–H groups in total. The van der Waals surface area contributed by atoms with Gasteiger partial charge in [0.1, 0.15) is 0 Å². The van der Waals surface area contributed by atoms with E-state index in [1.165, 1.54) is 6.07 Å². The second-order valence-electron chi connectivity index (χ2n) is 5.45. The zero-order valence-corrected chi connectivity index (χ0v) is 13.3. The van der Waals surface area contributed by atoms with Crippen LogP contribution >= 0.6 is 11.6 Å².